The molecule has 0 spiro atoms. The van der Waals surface area contributed by atoms with E-state index in [4.69, 9.17) is 5.11 Å². The average Bonchev–Trinajstić information content (AvgIpc) is 2.34. The Morgan fingerprint density at radius 3 is 1.57 bits per heavy atom. The van der Waals surface area contributed by atoms with Gasteiger partial charge in [-0.25, -0.2) is 22.4 Å². The molecule has 0 fully saturated rings. The van der Waals surface area contributed by atoms with Crippen LogP contribution in [-0.2, 0) is 4.79 Å². The zero-order valence-electron chi connectivity index (χ0n) is 9.57. The number of carbonyl (C=O) groups is 1. The first kappa shape index (κ1) is 19.5. The molecule has 2 unspecified atom stereocenters. The van der Waals surface area contributed by atoms with Gasteiger partial charge in [-0.05, 0) is 0 Å². The summed E-state index contributed by atoms with van der Waals surface area (Å²) in [5, 5.41) is 8.08. The fourth-order valence-corrected chi connectivity index (χ4v) is 1.04. The number of aliphatic carboxylic acids is 1. The van der Waals surface area contributed by atoms with Crippen molar-refractivity contribution in [1.82, 2.24) is 0 Å². The lowest BCUT2D eigenvalue weighted by Crippen LogP contribution is -2.63. The van der Waals surface area contributed by atoms with Gasteiger partial charge in [-0.3, -0.25) is 0 Å². The van der Waals surface area contributed by atoms with Gasteiger partial charge < -0.3 is 5.11 Å². The van der Waals surface area contributed by atoms with Gasteiger partial charge in [0.1, 0.15) is 0 Å². The van der Waals surface area contributed by atoms with Gasteiger partial charge in [0, 0.05) is 0 Å². The Balaban J connectivity index is 5.76. The van der Waals surface area contributed by atoms with Crippen molar-refractivity contribution in [3.05, 3.63) is 12.2 Å². The van der Waals surface area contributed by atoms with Crippen molar-refractivity contribution in [2.45, 2.75) is 36.5 Å². The van der Waals surface area contributed by atoms with Gasteiger partial charge in [-0.1, -0.05) is 6.58 Å². The second-order valence-electron chi connectivity index (χ2n) is 3.75. The van der Waals surface area contributed by atoms with Crippen molar-refractivity contribution in [2.24, 2.45) is 0 Å². The maximum Gasteiger partial charge on any atom is 0.378 e. The predicted octanol–water partition coefficient (Wildman–Crippen LogP) is 3.47. The summed E-state index contributed by atoms with van der Waals surface area (Å²) in [5.74, 6) is -22.7. The van der Waals surface area contributed by atoms with Gasteiger partial charge >= 0.3 is 23.7 Å². The lowest BCUT2D eigenvalue weighted by molar-refractivity contribution is -0.342. The van der Waals surface area contributed by atoms with E-state index in [9.17, 15) is 48.7 Å². The number of alkyl halides is 10. The highest BCUT2D eigenvalue weighted by Crippen LogP contribution is 2.52. The van der Waals surface area contributed by atoms with Gasteiger partial charge in [-0.2, -0.15) is 26.3 Å². The van der Waals surface area contributed by atoms with E-state index < -0.39 is 48.1 Å². The molecule has 0 aromatic rings. The van der Waals surface area contributed by atoms with Gasteiger partial charge in [0.05, 0.1) is 5.57 Å². The van der Waals surface area contributed by atoms with E-state index >= 15 is 0 Å². The summed E-state index contributed by atoms with van der Waals surface area (Å²) < 4.78 is 126. The third-order valence-electron chi connectivity index (χ3n) is 2.30. The number of hydrogen-bond donors (Lipinski definition) is 1. The molecule has 0 bridgehead atoms. The van der Waals surface area contributed by atoms with E-state index in [-0.39, 0.29) is 0 Å². The van der Waals surface area contributed by atoms with Gasteiger partial charge in [0.25, 0.3) is 6.43 Å². The molecular weight excluding hydrogens is 330 g/mol. The van der Waals surface area contributed by atoms with Crippen LogP contribution in [0.25, 0.3) is 0 Å². The second kappa shape index (κ2) is 5.72. The number of carboxylic acid groups (broad SMARTS) is 1. The molecule has 0 saturated carbocycles. The fraction of sp³-hybridized carbons (Fsp3) is 0.667. The maximum absolute atomic E-state index is 13.0. The monoisotopic (exact) mass is 336 g/mol. The molecule has 124 valence electrons. The van der Waals surface area contributed by atoms with Crippen molar-refractivity contribution in [3.8, 4) is 0 Å². The zero-order chi connectivity index (χ0) is 17.4. The Kier molecular flexibility index (Phi) is 5.31. The van der Waals surface area contributed by atoms with E-state index in [0.29, 0.717) is 0 Å². The average molecular weight is 336 g/mol. The lowest BCUT2D eigenvalue weighted by atomic mass is 9.94. The Morgan fingerprint density at radius 2 is 1.29 bits per heavy atom. The van der Waals surface area contributed by atoms with Crippen LogP contribution in [0.15, 0.2) is 12.2 Å². The lowest BCUT2D eigenvalue weighted by Gasteiger charge is -2.35. The highest BCUT2D eigenvalue weighted by atomic mass is 19.4. The largest absolute Gasteiger partial charge is 0.478 e. The van der Waals surface area contributed by atoms with Crippen molar-refractivity contribution in [3.63, 3.8) is 0 Å². The maximum atomic E-state index is 13.0. The quantitative estimate of drug-likeness (QED) is 0.571. The third kappa shape index (κ3) is 3.07. The zero-order valence-corrected chi connectivity index (χ0v) is 9.57. The first-order valence-corrected chi connectivity index (χ1v) is 4.74. The van der Waals surface area contributed by atoms with Crippen molar-refractivity contribution < 1.29 is 53.8 Å². The molecule has 0 amide bonds. The van der Waals surface area contributed by atoms with Crippen LogP contribution < -0.4 is 0 Å². The van der Waals surface area contributed by atoms with Gasteiger partial charge in [0.2, 0.25) is 12.3 Å². The first-order valence-electron chi connectivity index (χ1n) is 4.74. The van der Waals surface area contributed by atoms with Gasteiger partial charge in [0.15, 0.2) is 0 Å². The van der Waals surface area contributed by atoms with Crippen LogP contribution in [0.2, 0.25) is 0 Å². The summed E-state index contributed by atoms with van der Waals surface area (Å²) in [6.07, 6.45) is -14.3. The molecule has 0 radical (unpaired) electrons. The van der Waals surface area contributed by atoms with E-state index in [1.807, 2.05) is 0 Å². The molecule has 0 rings (SSSR count). The molecule has 2 nitrogen and oxygen atoms in total. The van der Waals surface area contributed by atoms with Crippen LogP contribution in [0, 0.1) is 0 Å². The van der Waals surface area contributed by atoms with Gasteiger partial charge in [-0.15, -0.1) is 0 Å². The summed E-state index contributed by atoms with van der Waals surface area (Å²) in [4.78, 5) is 10.1. The fourth-order valence-electron chi connectivity index (χ4n) is 1.04. The summed E-state index contributed by atoms with van der Waals surface area (Å²) in [5.41, 5.74) is -2.23. The number of halogens is 10. The Morgan fingerprint density at radius 1 is 0.905 bits per heavy atom. The van der Waals surface area contributed by atoms with Crippen molar-refractivity contribution in [2.75, 3.05) is 0 Å². The summed E-state index contributed by atoms with van der Waals surface area (Å²) >= 11 is 0. The molecule has 0 aliphatic heterocycles. The number of hydrogen-bond acceptors (Lipinski definition) is 1. The highest BCUT2D eigenvalue weighted by Gasteiger charge is 2.78. The highest BCUT2D eigenvalue weighted by molar-refractivity contribution is 5.87. The van der Waals surface area contributed by atoms with Crippen LogP contribution in [0.4, 0.5) is 43.9 Å². The van der Waals surface area contributed by atoms with Crippen LogP contribution >= 0.6 is 0 Å². The Bertz CT molecular complexity index is 419. The standard InChI is InChI=1S/C9H6F10O2/c1-2(6(20)21)3(10)7(14,15)9(18,19)8(16,17)4(11)5(12)13/h3-5H,1H2,(H,20,21). The van der Waals surface area contributed by atoms with Crippen LogP contribution in [0.1, 0.15) is 0 Å². The van der Waals surface area contributed by atoms with Crippen molar-refractivity contribution >= 4 is 5.97 Å². The molecule has 1 N–H and O–H groups in total. The Labute approximate surface area is 110 Å². The molecule has 21 heavy (non-hydrogen) atoms. The van der Waals surface area contributed by atoms with E-state index in [2.05, 4.69) is 6.58 Å². The Hall–Kier alpha value is -1.49. The smallest absolute Gasteiger partial charge is 0.378 e. The van der Waals surface area contributed by atoms with E-state index in [1.54, 1.807) is 0 Å². The topological polar surface area (TPSA) is 37.3 Å². The minimum atomic E-state index is -6.94. The predicted molar refractivity (Wildman–Crippen MR) is 47.4 cm³/mol. The van der Waals surface area contributed by atoms with Crippen molar-refractivity contribution in [1.29, 1.82) is 0 Å². The minimum absolute atomic E-state index is 2.12. The third-order valence-corrected chi connectivity index (χ3v) is 2.30. The summed E-state index contributed by atoms with van der Waals surface area (Å²) in [7, 11) is 0. The van der Waals surface area contributed by atoms with E-state index in [0.717, 1.165) is 0 Å². The molecule has 0 saturated heterocycles. The first-order chi connectivity index (χ1) is 9.12. The molecular formula is C9H6F10O2. The summed E-state index contributed by atoms with van der Waals surface area (Å²) in [6, 6.07) is 0. The molecule has 0 aliphatic carbocycles. The van der Waals surface area contributed by atoms with Crippen LogP contribution in [0.3, 0.4) is 0 Å². The van der Waals surface area contributed by atoms with Crippen LogP contribution in [-0.4, -0.2) is 47.6 Å². The molecule has 12 heteroatoms. The molecule has 0 heterocycles. The second-order valence-corrected chi connectivity index (χ2v) is 3.75. The summed E-state index contributed by atoms with van der Waals surface area (Å²) in [6.45, 7) is 2.12. The van der Waals surface area contributed by atoms with Crippen LogP contribution in [0.5, 0.6) is 0 Å². The SMILES string of the molecule is C=C(C(=O)O)C(F)C(F)(F)C(F)(F)C(F)(F)C(F)C(F)F. The molecule has 0 aliphatic rings. The normalized spacial score (nSPS) is 16.7. The number of carboxylic acids is 1. The molecule has 0 aromatic carbocycles. The molecule has 0 aromatic heterocycles. The molecule has 2 atom stereocenters. The number of rotatable bonds is 7. The van der Waals surface area contributed by atoms with E-state index in [1.165, 1.54) is 0 Å². The minimum Gasteiger partial charge on any atom is -0.478 e.